The molecule has 1 amide bonds. The van der Waals surface area contributed by atoms with E-state index in [0.29, 0.717) is 31.0 Å². The number of carbonyl (C=O) groups is 1. The fourth-order valence-electron chi connectivity index (χ4n) is 3.39. The molecule has 0 aliphatic carbocycles. The highest BCUT2D eigenvalue weighted by Crippen LogP contribution is 2.19. The van der Waals surface area contributed by atoms with Crippen LogP contribution < -0.4 is 10.5 Å². The molecule has 2 aromatic heterocycles. The maximum atomic E-state index is 12.7. The molecule has 1 aliphatic rings. The lowest BCUT2D eigenvalue weighted by Crippen LogP contribution is -2.42. The molecule has 0 spiro atoms. The van der Waals surface area contributed by atoms with Crippen LogP contribution in [0.2, 0.25) is 0 Å². The highest BCUT2D eigenvalue weighted by atomic mass is 35.5. The van der Waals surface area contributed by atoms with Gasteiger partial charge in [0.2, 0.25) is 0 Å². The summed E-state index contributed by atoms with van der Waals surface area (Å²) in [6.45, 7) is 3.84. The number of piperidine rings is 1. The molecule has 1 aliphatic heterocycles. The van der Waals surface area contributed by atoms with Crippen LogP contribution in [0.5, 0.6) is 5.75 Å². The molecule has 29 heavy (non-hydrogen) atoms. The van der Waals surface area contributed by atoms with E-state index in [4.69, 9.17) is 10.5 Å². The number of ether oxygens (including phenoxy) is 1. The summed E-state index contributed by atoms with van der Waals surface area (Å²) in [6, 6.07) is 11.6. The monoisotopic (exact) mass is 436 g/mol. The van der Waals surface area contributed by atoms with Crippen LogP contribution in [0.3, 0.4) is 0 Å². The van der Waals surface area contributed by atoms with Gasteiger partial charge in [-0.3, -0.25) is 4.79 Å². The first kappa shape index (κ1) is 23.0. The van der Waals surface area contributed by atoms with Gasteiger partial charge in [-0.15, -0.1) is 24.8 Å². The Balaban J connectivity index is 0.00000150. The van der Waals surface area contributed by atoms with Crippen molar-refractivity contribution in [2.24, 2.45) is 5.73 Å². The number of benzene rings is 1. The highest BCUT2D eigenvalue weighted by Gasteiger charge is 2.21. The number of likely N-dealkylation sites (tertiary alicyclic amines) is 1. The molecular weight excluding hydrogens is 411 g/mol. The Morgan fingerprint density at radius 3 is 2.69 bits per heavy atom. The summed E-state index contributed by atoms with van der Waals surface area (Å²) in [4.78, 5) is 19.1. The predicted octanol–water partition coefficient (Wildman–Crippen LogP) is 3.63. The third kappa shape index (κ3) is 5.41. The number of pyridine rings is 1. The molecule has 0 saturated carbocycles. The number of carbonyl (C=O) groups excluding carboxylic acids is 1. The molecule has 6 nitrogen and oxygen atoms in total. The molecule has 0 unspecified atom stereocenters. The number of amides is 1. The second kappa shape index (κ2) is 9.96. The van der Waals surface area contributed by atoms with Crippen LogP contribution in [-0.4, -0.2) is 39.3 Å². The van der Waals surface area contributed by atoms with Gasteiger partial charge in [-0.2, -0.15) is 0 Å². The molecule has 3 heterocycles. The fraction of sp³-hybridized carbons (Fsp3) is 0.333. The minimum Gasteiger partial charge on any atom is -0.487 e. The standard InChI is InChI=1S/C21H24N4O2.2ClH/c1-15-5-6-20-23-18(13-25(20)12-15)14-27-19-4-2-3-16(11-19)21(26)24-9-7-17(22)8-10-24;;/h2-6,11-13,17H,7-10,14,22H2,1H3;2*1H. The number of aromatic nitrogens is 2. The second-order valence-electron chi connectivity index (χ2n) is 7.15. The fourth-order valence-corrected chi connectivity index (χ4v) is 3.39. The Hall–Kier alpha value is -2.28. The van der Waals surface area contributed by atoms with E-state index in [0.717, 1.165) is 24.2 Å². The van der Waals surface area contributed by atoms with Gasteiger partial charge < -0.3 is 19.8 Å². The number of imidazole rings is 1. The van der Waals surface area contributed by atoms with Gasteiger partial charge in [0.15, 0.2) is 0 Å². The zero-order chi connectivity index (χ0) is 18.8. The molecule has 8 heteroatoms. The van der Waals surface area contributed by atoms with Crippen molar-refractivity contribution in [3.63, 3.8) is 0 Å². The number of hydrogen-bond acceptors (Lipinski definition) is 4. The number of nitrogens with zero attached hydrogens (tertiary/aromatic N) is 3. The van der Waals surface area contributed by atoms with Gasteiger partial charge >= 0.3 is 0 Å². The van der Waals surface area contributed by atoms with E-state index in [9.17, 15) is 4.79 Å². The summed E-state index contributed by atoms with van der Waals surface area (Å²) in [7, 11) is 0. The van der Waals surface area contributed by atoms with Crippen LogP contribution in [0, 0.1) is 6.92 Å². The molecule has 0 bridgehead atoms. The van der Waals surface area contributed by atoms with Crippen molar-refractivity contribution < 1.29 is 9.53 Å². The molecule has 4 rings (SSSR count). The Labute approximate surface area is 182 Å². The average molecular weight is 437 g/mol. The van der Waals surface area contributed by atoms with Crippen molar-refractivity contribution >= 4 is 36.4 Å². The largest absolute Gasteiger partial charge is 0.487 e. The Kier molecular flexibility index (Phi) is 7.90. The molecule has 3 aromatic rings. The lowest BCUT2D eigenvalue weighted by Gasteiger charge is -2.30. The maximum Gasteiger partial charge on any atom is 0.253 e. The van der Waals surface area contributed by atoms with E-state index in [1.807, 2.05) is 58.9 Å². The van der Waals surface area contributed by atoms with Crippen LogP contribution in [0.4, 0.5) is 0 Å². The van der Waals surface area contributed by atoms with Crippen LogP contribution in [0.1, 0.15) is 34.5 Å². The van der Waals surface area contributed by atoms with E-state index in [1.165, 1.54) is 5.56 Å². The normalized spacial score (nSPS) is 14.2. The maximum absolute atomic E-state index is 12.7. The first-order valence-corrected chi connectivity index (χ1v) is 9.30. The summed E-state index contributed by atoms with van der Waals surface area (Å²) in [5.74, 6) is 0.707. The molecule has 0 radical (unpaired) electrons. The number of hydrogen-bond donors (Lipinski definition) is 1. The van der Waals surface area contributed by atoms with Crippen LogP contribution in [-0.2, 0) is 6.61 Å². The number of halogens is 2. The van der Waals surface area contributed by atoms with Crippen molar-refractivity contribution in [3.8, 4) is 5.75 Å². The van der Waals surface area contributed by atoms with Crippen molar-refractivity contribution in [1.29, 1.82) is 0 Å². The number of rotatable bonds is 4. The summed E-state index contributed by atoms with van der Waals surface area (Å²) in [5.41, 5.74) is 9.49. The van der Waals surface area contributed by atoms with Gasteiger partial charge in [0.1, 0.15) is 18.0 Å². The minimum absolute atomic E-state index is 0. The summed E-state index contributed by atoms with van der Waals surface area (Å²) in [6.07, 6.45) is 5.72. The van der Waals surface area contributed by atoms with E-state index in [-0.39, 0.29) is 36.8 Å². The van der Waals surface area contributed by atoms with Gasteiger partial charge in [-0.25, -0.2) is 4.98 Å². The highest BCUT2D eigenvalue weighted by molar-refractivity contribution is 5.94. The van der Waals surface area contributed by atoms with Crippen molar-refractivity contribution in [3.05, 3.63) is 65.6 Å². The lowest BCUT2D eigenvalue weighted by atomic mass is 10.0. The zero-order valence-electron chi connectivity index (χ0n) is 16.3. The van der Waals surface area contributed by atoms with Crippen LogP contribution in [0.15, 0.2) is 48.8 Å². The SMILES string of the molecule is Cc1ccc2nc(COc3cccc(C(=O)N4CCC(N)CC4)c3)cn2c1.Cl.Cl. The molecule has 1 fully saturated rings. The molecule has 1 saturated heterocycles. The van der Waals surface area contributed by atoms with Gasteiger partial charge in [-0.1, -0.05) is 12.1 Å². The average Bonchev–Trinajstić information content (AvgIpc) is 3.08. The van der Waals surface area contributed by atoms with Crippen LogP contribution >= 0.6 is 24.8 Å². The molecule has 156 valence electrons. The Morgan fingerprint density at radius 1 is 1.17 bits per heavy atom. The number of fused-ring (bicyclic) bond motifs is 1. The Morgan fingerprint density at radius 2 is 1.93 bits per heavy atom. The van der Waals surface area contributed by atoms with Crippen LogP contribution in [0.25, 0.3) is 5.65 Å². The number of nitrogens with two attached hydrogens (primary N) is 1. The zero-order valence-corrected chi connectivity index (χ0v) is 17.9. The molecule has 1 aromatic carbocycles. The van der Waals surface area contributed by atoms with E-state index < -0.39 is 0 Å². The van der Waals surface area contributed by atoms with Gasteiger partial charge in [0, 0.05) is 37.1 Å². The van der Waals surface area contributed by atoms with Crippen molar-refractivity contribution in [2.75, 3.05) is 13.1 Å². The lowest BCUT2D eigenvalue weighted by molar-refractivity contribution is 0.0714. The van der Waals surface area contributed by atoms with Gasteiger partial charge in [-0.05, 0) is 49.6 Å². The molecule has 0 atom stereocenters. The van der Waals surface area contributed by atoms with Gasteiger partial charge in [0.05, 0.1) is 5.69 Å². The summed E-state index contributed by atoms with van der Waals surface area (Å²) < 4.78 is 7.88. The van der Waals surface area contributed by atoms with Crippen molar-refractivity contribution in [2.45, 2.75) is 32.4 Å². The van der Waals surface area contributed by atoms with Gasteiger partial charge in [0.25, 0.3) is 5.91 Å². The third-order valence-electron chi connectivity index (χ3n) is 4.94. The predicted molar refractivity (Wildman–Crippen MR) is 118 cm³/mol. The summed E-state index contributed by atoms with van der Waals surface area (Å²) in [5, 5.41) is 0. The van der Waals surface area contributed by atoms with E-state index in [1.54, 1.807) is 6.07 Å². The third-order valence-corrected chi connectivity index (χ3v) is 4.94. The Bertz CT molecular complexity index is 968. The second-order valence-corrected chi connectivity index (χ2v) is 7.15. The van der Waals surface area contributed by atoms with E-state index in [2.05, 4.69) is 4.98 Å². The smallest absolute Gasteiger partial charge is 0.253 e. The molecule has 2 N–H and O–H groups in total. The minimum atomic E-state index is 0. The first-order chi connectivity index (χ1) is 13.1. The quantitative estimate of drug-likeness (QED) is 0.677. The topological polar surface area (TPSA) is 72.9 Å². The summed E-state index contributed by atoms with van der Waals surface area (Å²) >= 11 is 0. The first-order valence-electron chi connectivity index (χ1n) is 9.30. The van der Waals surface area contributed by atoms with Crippen molar-refractivity contribution in [1.82, 2.24) is 14.3 Å². The number of aryl methyl sites for hydroxylation is 1. The molecular formula is C21H26Cl2N4O2. The van der Waals surface area contributed by atoms with E-state index >= 15 is 0 Å².